The van der Waals surface area contributed by atoms with Crippen LogP contribution in [-0.4, -0.2) is 23.3 Å². The van der Waals surface area contributed by atoms with Crippen LogP contribution in [0.25, 0.3) is 0 Å². The van der Waals surface area contributed by atoms with E-state index in [1.54, 1.807) is 7.11 Å². The molecule has 1 aromatic heterocycles. The van der Waals surface area contributed by atoms with Crippen LogP contribution in [0.3, 0.4) is 0 Å². The Morgan fingerprint density at radius 1 is 1.45 bits per heavy atom. The van der Waals surface area contributed by atoms with Crippen LogP contribution in [0.5, 0.6) is 0 Å². The Balaban J connectivity index is 2.02. The summed E-state index contributed by atoms with van der Waals surface area (Å²) in [7, 11) is 1.75. The molecule has 0 aromatic carbocycles. The lowest BCUT2D eigenvalue weighted by Gasteiger charge is -2.35. The third-order valence-corrected chi connectivity index (χ3v) is 4.56. The number of nitrogens with zero attached hydrogens (tertiary/aromatic N) is 2. The number of nitrogens with one attached hydrogen (secondary N) is 1. The molecule has 114 valence electrons. The number of methoxy groups -OCH3 is 1. The quantitative estimate of drug-likeness (QED) is 0.868. The van der Waals surface area contributed by atoms with Crippen LogP contribution < -0.4 is 5.32 Å². The predicted molar refractivity (Wildman–Crippen MR) is 77.2 cm³/mol. The van der Waals surface area contributed by atoms with Crippen molar-refractivity contribution in [2.45, 2.75) is 71.1 Å². The molecule has 0 spiro atoms. The molecule has 1 unspecified atom stereocenters. The SMILES string of the molecule is CCC(C)NCc1nc(C2(OC)CCC(C)CC2)no1. The van der Waals surface area contributed by atoms with Crippen LogP contribution in [0.2, 0.25) is 0 Å². The third kappa shape index (κ3) is 3.38. The average molecular weight is 281 g/mol. The summed E-state index contributed by atoms with van der Waals surface area (Å²) in [4.78, 5) is 4.54. The molecular weight excluding hydrogens is 254 g/mol. The Labute approximate surface area is 121 Å². The molecule has 1 N–H and O–H groups in total. The smallest absolute Gasteiger partial charge is 0.240 e. The zero-order valence-electron chi connectivity index (χ0n) is 13.1. The summed E-state index contributed by atoms with van der Waals surface area (Å²) in [6.07, 6.45) is 5.34. The monoisotopic (exact) mass is 281 g/mol. The van der Waals surface area contributed by atoms with Gasteiger partial charge in [-0.3, -0.25) is 0 Å². The molecule has 0 aliphatic heterocycles. The van der Waals surface area contributed by atoms with Gasteiger partial charge in [-0.15, -0.1) is 0 Å². The van der Waals surface area contributed by atoms with Crippen LogP contribution in [0.1, 0.15) is 64.6 Å². The second-order valence-electron chi connectivity index (χ2n) is 6.08. The lowest BCUT2D eigenvalue weighted by Crippen LogP contribution is -2.34. The average Bonchev–Trinajstić information content (AvgIpc) is 2.95. The van der Waals surface area contributed by atoms with E-state index in [9.17, 15) is 0 Å². The highest BCUT2D eigenvalue weighted by Gasteiger charge is 2.40. The molecule has 20 heavy (non-hydrogen) atoms. The summed E-state index contributed by atoms with van der Waals surface area (Å²) in [5, 5.41) is 7.53. The molecule has 1 aliphatic rings. The second-order valence-corrected chi connectivity index (χ2v) is 6.08. The van der Waals surface area contributed by atoms with Crippen molar-refractivity contribution in [1.82, 2.24) is 15.5 Å². The van der Waals surface area contributed by atoms with Gasteiger partial charge in [-0.05, 0) is 44.9 Å². The first-order chi connectivity index (χ1) is 9.59. The fourth-order valence-corrected chi connectivity index (χ4v) is 2.67. The van der Waals surface area contributed by atoms with E-state index in [-0.39, 0.29) is 5.60 Å². The summed E-state index contributed by atoms with van der Waals surface area (Å²) >= 11 is 0. The number of ether oxygens (including phenoxy) is 1. The molecular formula is C15H27N3O2. The fourth-order valence-electron chi connectivity index (χ4n) is 2.67. The highest BCUT2D eigenvalue weighted by molar-refractivity contribution is 5.03. The van der Waals surface area contributed by atoms with Crippen molar-refractivity contribution in [2.24, 2.45) is 5.92 Å². The van der Waals surface area contributed by atoms with Gasteiger partial charge in [-0.1, -0.05) is 19.0 Å². The maximum Gasteiger partial charge on any atom is 0.240 e. The zero-order chi connectivity index (χ0) is 14.6. The molecule has 1 aromatic rings. The standard InChI is InChI=1S/C15H27N3O2/c1-5-12(3)16-10-13-17-14(18-20-13)15(19-4)8-6-11(2)7-9-15/h11-12,16H,5-10H2,1-4H3. The van der Waals surface area contributed by atoms with Crippen LogP contribution in [0, 0.1) is 5.92 Å². The van der Waals surface area contributed by atoms with Gasteiger partial charge in [0, 0.05) is 13.2 Å². The molecule has 0 radical (unpaired) electrons. The molecule has 1 heterocycles. The molecule has 5 heteroatoms. The number of hydrogen-bond donors (Lipinski definition) is 1. The van der Waals surface area contributed by atoms with Gasteiger partial charge >= 0.3 is 0 Å². The maximum atomic E-state index is 5.77. The van der Waals surface area contributed by atoms with Crippen molar-refractivity contribution in [2.75, 3.05) is 7.11 Å². The minimum Gasteiger partial charge on any atom is -0.370 e. The Morgan fingerprint density at radius 2 is 2.15 bits per heavy atom. The third-order valence-electron chi connectivity index (χ3n) is 4.56. The van der Waals surface area contributed by atoms with Gasteiger partial charge in [0.1, 0.15) is 5.60 Å². The van der Waals surface area contributed by atoms with E-state index in [2.05, 4.69) is 36.2 Å². The van der Waals surface area contributed by atoms with Crippen molar-refractivity contribution >= 4 is 0 Å². The van der Waals surface area contributed by atoms with E-state index in [1.165, 1.54) is 0 Å². The predicted octanol–water partition coefficient (Wildman–Crippen LogP) is 3.01. The fraction of sp³-hybridized carbons (Fsp3) is 0.867. The molecule has 0 bridgehead atoms. The minimum absolute atomic E-state index is 0.343. The van der Waals surface area contributed by atoms with E-state index in [0.717, 1.165) is 38.0 Å². The van der Waals surface area contributed by atoms with E-state index in [0.29, 0.717) is 24.3 Å². The molecule has 2 rings (SSSR count). The van der Waals surface area contributed by atoms with Gasteiger partial charge < -0.3 is 14.6 Å². The zero-order valence-corrected chi connectivity index (χ0v) is 13.1. The van der Waals surface area contributed by atoms with Gasteiger partial charge in [0.25, 0.3) is 0 Å². The van der Waals surface area contributed by atoms with Crippen LogP contribution in [0.4, 0.5) is 0 Å². The molecule has 1 fully saturated rings. The van der Waals surface area contributed by atoms with Crippen LogP contribution in [0.15, 0.2) is 4.52 Å². The maximum absolute atomic E-state index is 5.77. The minimum atomic E-state index is -0.343. The highest BCUT2D eigenvalue weighted by Crippen LogP contribution is 2.40. The Hall–Kier alpha value is -0.940. The van der Waals surface area contributed by atoms with Crippen LogP contribution >= 0.6 is 0 Å². The normalized spacial score (nSPS) is 28.5. The van der Waals surface area contributed by atoms with Crippen molar-refractivity contribution in [1.29, 1.82) is 0 Å². The van der Waals surface area contributed by atoms with Crippen molar-refractivity contribution in [3.8, 4) is 0 Å². The highest BCUT2D eigenvalue weighted by atomic mass is 16.5. The number of aromatic nitrogens is 2. The van der Waals surface area contributed by atoms with Crippen molar-refractivity contribution in [3.63, 3.8) is 0 Å². The molecule has 0 saturated heterocycles. The summed E-state index contributed by atoms with van der Waals surface area (Å²) in [6.45, 7) is 7.21. The number of rotatable bonds is 6. The Morgan fingerprint density at radius 3 is 2.75 bits per heavy atom. The van der Waals surface area contributed by atoms with E-state index in [4.69, 9.17) is 9.26 Å². The first-order valence-electron chi connectivity index (χ1n) is 7.71. The second kappa shape index (κ2) is 6.68. The van der Waals surface area contributed by atoms with Crippen molar-refractivity contribution in [3.05, 3.63) is 11.7 Å². The molecule has 5 nitrogen and oxygen atoms in total. The summed E-state index contributed by atoms with van der Waals surface area (Å²) < 4.78 is 11.1. The number of hydrogen-bond acceptors (Lipinski definition) is 5. The van der Waals surface area contributed by atoms with Gasteiger partial charge in [-0.25, -0.2) is 0 Å². The van der Waals surface area contributed by atoms with Gasteiger partial charge in [0.2, 0.25) is 11.7 Å². The van der Waals surface area contributed by atoms with Crippen molar-refractivity contribution < 1.29 is 9.26 Å². The van der Waals surface area contributed by atoms with Crippen LogP contribution in [-0.2, 0) is 16.9 Å². The van der Waals surface area contributed by atoms with Gasteiger partial charge in [0.05, 0.1) is 6.54 Å². The first kappa shape index (κ1) is 15.4. The largest absolute Gasteiger partial charge is 0.370 e. The molecule has 1 atom stereocenters. The Bertz CT molecular complexity index is 411. The van der Waals surface area contributed by atoms with E-state index in [1.807, 2.05) is 0 Å². The first-order valence-corrected chi connectivity index (χ1v) is 7.71. The van der Waals surface area contributed by atoms with Gasteiger partial charge in [0.15, 0.2) is 0 Å². The van der Waals surface area contributed by atoms with E-state index >= 15 is 0 Å². The van der Waals surface area contributed by atoms with Gasteiger partial charge in [-0.2, -0.15) is 4.98 Å². The molecule has 1 saturated carbocycles. The Kier molecular flexibility index (Phi) is 5.16. The summed E-state index contributed by atoms with van der Waals surface area (Å²) in [5.41, 5.74) is -0.343. The van der Waals surface area contributed by atoms with E-state index < -0.39 is 0 Å². The summed E-state index contributed by atoms with van der Waals surface area (Å²) in [6, 6.07) is 0.456. The molecule has 1 aliphatic carbocycles. The topological polar surface area (TPSA) is 60.2 Å². The lowest BCUT2D eigenvalue weighted by atomic mass is 9.79. The lowest BCUT2D eigenvalue weighted by molar-refractivity contribution is -0.0609. The summed E-state index contributed by atoms with van der Waals surface area (Å²) in [5.74, 6) is 2.12. The molecule has 0 amide bonds.